The van der Waals surface area contributed by atoms with Crippen LogP contribution in [-0.2, 0) is 0 Å². The molecule has 0 amide bonds. The lowest BCUT2D eigenvalue weighted by Crippen LogP contribution is -2.04. The average molecular weight is 302 g/mol. The lowest BCUT2D eigenvalue weighted by molar-refractivity contribution is 0.756. The van der Waals surface area contributed by atoms with Gasteiger partial charge in [0.2, 0.25) is 0 Å². The summed E-state index contributed by atoms with van der Waals surface area (Å²) in [5.41, 5.74) is 7.31. The van der Waals surface area contributed by atoms with Gasteiger partial charge in [0, 0.05) is 10.5 Å². The molecule has 0 saturated carbocycles. The molecule has 1 atom stereocenters. The second kappa shape index (κ2) is 4.53. The van der Waals surface area contributed by atoms with Crippen molar-refractivity contribution >= 4 is 27.5 Å². The SMILES string of the molecule is CC(N)c1cn(-c2ccc(Br)c(Cl)c2)nn1. The topological polar surface area (TPSA) is 56.7 Å². The molecule has 0 bridgehead atoms. The van der Waals surface area contributed by atoms with Crippen LogP contribution in [0.2, 0.25) is 5.02 Å². The molecule has 1 aromatic heterocycles. The van der Waals surface area contributed by atoms with Gasteiger partial charge in [0.1, 0.15) is 0 Å². The molecule has 1 aromatic carbocycles. The van der Waals surface area contributed by atoms with Crippen molar-refractivity contribution in [2.24, 2.45) is 5.73 Å². The van der Waals surface area contributed by atoms with Crippen molar-refractivity contribution in [1.82, 2.24) is 15.0 Å². The molecule has 0 aliphatic heterocycles. The molecule has 0 radical (unpaired) electrons. The molecule has 0 saturated heterocycles. The fraction of sp³-hybridized carbons (Fsp3) is 0.200. The van der Waals surface area contributed by atoms with E-state index in [9.17, 15) is 0 Å². The Bertz CT molecular complexity index is 509. The maximum Gasteiger partial charge on any atom is 0.0995 e. The van der Waals surface area contributed by atoms with Crippen LogP contribution in [0.5, 0.6) is 0 Å². The molecule has 1 unspecified atom stereocenters. The predicted molar refractivity (Wildman–Crippen MR) is 66.7 cm³/mol. The molecule has 0 spiro atoms. The molecule has 84 valence electrons. The zero-order chi connectivity index (χ0) is 11.7. The number of benzene rings is 1. The normalized spacial score (nSPS) is 12.8. The highest BCUT2D eigenvalue weighted by molar-refractivity contribution is 9.10. The highest BCUT2D eigenvalue weighted by Crippen LogP contribution is 2.24. The monoisotopic (exact) mass is 300 g/mol. The van der Waals surface area contributed by atoms with E-state index >= 15 is 0 Å². The predicted octanol–water partition coefficient (Wildman–Crippen LogP) is 2.70. The number of hydrogen-bond acceptors (Lipinski definition) is 3. The first-order chi connectivity index (χ1) is 7.58. The quantitative estimate of drug-likeness (QED) is 0.928. The van der Waals surface area contributed by atoms with Gasteiger partial charge in [-0.05, 0) is 41.1 Å². The summed E-state index contributed by atoms with van der Waals surface area (Å²) in [7, 11) is 0. The van der Waals surface area contributed by atoms with Crippen LogP contribution in [0.3, 0.4) is 0 Å². The van der Waals surface area contributed by atoms with Crippen LogP contribution in [0, 0.1) is 0 Å². The molecule has 16 heavy (non-hydrogen) atoms. The Kier molecular flexibility index (Phi) is 3.28. The Balaban J connectivity index is 2.39. The van der Waals surface area contributed by atoms with Crippen LogP contribution < -0.4 is 5.73 Å². The zero-order valence-corrected chi connectivity index (χ0v) is 10.9. The molecule has 2 aromatic rings. The largest absolute Gasteiger partial charge is 0.323 e. The fourth-order valence-electron chi connectivity index (χ4n) is 1.24. The van der Waals surface area contributed by atoms with Gasteiger partial charge in [-0.1, -0.05) is 16.8 Å². The van der Waals surface area contributed by atoms with Crippen LogP contribution in [-0.4, -0.2) is 15.0 Å². The smallest absolute Gasteiger partial charge is 0.0995 e. The first-order valence-corrected chi connectivity index (χ1v) is 5.88. The molecule has 0 aliphatic rings. The second-order valence-corrected chi connectivity index (χ2v) is 4.74. The van der Waals surface area contributed by atoms with E-state index in [0.717, 1.165) is 15.9 Å². The second-order valence-electron chi connectivity index (χ2n) is 3.48. The van der Waals surface area contributed by atoms with Crippen LogP contribution in [0.4, 0.5) is 0 Å². The molecular formula is C10H10BrClN4. The number of nitrogens with two attached hydrogens (primary N) is 1. The standard InChI is InChI=1S/C10H10BrClN4/c1-6(13)10-5-16(15-14-10)7-2-3-8(11)9(12)4-7/h2-6H,13H2,1H3. The van der Waals surface area contributed by atoms with E-state index in [-0.39, 0.29) is 6.04 Å². The number of aromatic nitrogens is 3. The zero-order valence-electron chi connectivity index (χ0n) is 8.56. The van der Waals surface area contributed by atoms with Crippen molar-refractivity contribution in [2.45, 2.75) is 13.0 Å². The maximum absolute atomic E-state index is 6.00. The molecule has 4 nitrogen and oxygen atoms in total. The summed E-state index contributed by atoms with van der Waals surface area (Å²) in [5.74, 6) is 0. The minimum absolute atomic E-state index is 0.125. The number of nitrogens with zero attached hydrogens (tertiary/aromatic N) is 3. The third-order valence-electron chi connectivity index (χ3n) is 2.15. The van der Waals surface area contributed by atoms with Crippen molar-refractivity contribution < 1.29 is 0 Å². The molecule has 2 N–H and O–H groups in total. The van der Waals surface area contributed by atoms with Crippen molar-refractivity contribution in [1.29, 1.82) is 0 Å². The molecule has 1 heterocycles. The first-order valence-electron chi connectivity index (χ1n) is 4.71. The van der Waals surface area contributed by atoms with E-state index in [1.807, 2.05) is 25.1 Å². The molecular weight excluding hydrogens is 291 g/mol. The van der Waals surface area contributed by atoms with Gasteiger partial charge >= 0.3 is 0 Å². The van der Waals surface area contributed by atoms with Crippen LogP contribution >= 0.6 is 27.5 Å². The summed E-state index contributed by atoms with van der Waals surface area (Å²) in [6.45, 7) is 1.86. The Labute approximate surface area is 107 Å². The van der Waals surface area contributed by atoms with Crippen molar-refractivity contribution in [2.75, 3.05) is 0 Å². The molecule has 0 fully saturated rings. The van der Waals surface area contributed by atoms with Crippen LogP contribution in [0.1, 0.15) is 18.7 Å². The summed E-state index contributed by atoms with van der Waals surface area (Å²) >= 11 is 9.33. The van der Waals surface area contributed by atoms with E-state index in [4.69, 9.17) is 17.3 Å². The Hall–Kier alpha value is -0.910. The van der Waals surface area contributed by atoms with Gasteiger partial charge in [-0.3, -0.25) is 0 Å². The fourth-order valence-corrected chi connectivity index (χ4v) is 1.66. The van der Waals surface area contributed by atoms with Gasteiger partial charge in [-0.2, -0.15) is 0 Å². The maximum atomic E-state index is 6.00. The van der Waals surface area contributed by atoms with E-state index < -0.39 is 0 Å². The highest BCUT2D eigenvalue weighted by Gasteiger charge is 2.07. The molecule has 0 aliphatic carbocycles. The highest BCUT2D eigenvalue weighted by atomic mass is 79.9. The first kappa shape index (κ1) is 11.6. The molecule has 2 rings (SSSR count). The summed E-state index contributed by atoms with van der Waals surface area (Å²) < 4.78 is 2.50. The van der Waals surface area contributed by atoms with Crippen molar-refractivity contribution in [3.63, 3.8) is 0 Å². The summed E-state index contributed by atoms with van der Waals surface area (Å²) in [6, 6.07) is 5.45. The Morgan fingerprint density at radius 2 is 2.25 bits per heavy atom. The van der Waals surface area contributed by atoms with Gasteiger partial charge in [0.05, 0.1) is 22.6 Å². The third-order valence-corrected chi connectivity index (χ3v) is 3.38. The van der Waals surface area contributed by atoms with E-state index in [0.29, 0.717) is 5.02 Å². The van der Waals surface area contributed by atoms with Gasteiger partial charge in [-0.15, -0.1) is 5.10 Å². The van der Waals surface area contributed by atoms with Gasteiger partial charge in [0.25, 0.3) is 0 Å². The van der Waals surface area contributed by atoms with Gasteiger partial charge < -0.3 is 5.73 Å². The van der Waals surface area contributed by atoms with Gasteiger partial charge in [-0.25, -0.2) is 4.68 Å². The van der Waals surface area contributed by atoms with E-state index in [1.54, 1.807) is 10.9 Å². The summed E-state index contributed by atoms with van der Waals surface area (Å²) in [4.78, 5) is 0. The van der Waals surface area contributed by atoms with Crippen LogP contribution in [0.25, 0.3) is 5.69 Å². The minimum atomic E-state index is -0.125. The number of rotatable bonds is 2. The molecule has 6 heteroatoms. The third kappa shape index (κ3) is 2.26. The number of hydrogen-bond donors (Lipinski definition) is 1. The summed E-state index contributed by atoms with van der Waals surface area (Å²) in [5, 5.41) is 8.60. The Morgan fingerprint density at radius 3 is 2.81 bits per heavy atom. The average Bonchev–Trinajstić information content (AvgIpc) is 2.71. The van der Waals surface area contributed by atoms with Crippen molar-refractivity contribution in [3.05, 3.63) is 39.6 Å². The van der Waals surface area contributed by atoms with Crippen molar-refractivity contribution in [3.8, 4) is 5.69 Å². The van der Waals surface area contributed by atoms with Gasteiger partial charge in [0.15, 0.2) is 0 Å². The summed E-state index contributed by atoms with van der Waals surface area (Å²) in [6.07, 6.45) is 1.80. The number of halogens is 2. The lowest BCUT2D eigenvalue weighted by atomic mass is 10.3. The van der Waals surface area contributed by atoms with E-state index in [2.05, 4.69) is 26.2 Å². The van der Waals surface area contributed by atoms with E-state index in [1.165, 1.54) is 0 Å². The van der Waals surface area contributed by atoms with Crippen LogP contribution in [0.15, 0.2) is 28.9 Å². The minimum Gasteiger partial charge on any atom is -0.323 e. The lowest BCUT2D eigenvalue weighted by Gasteiger charge is -2.02. The Morgan fingerprint density at radius 1 is 1.50 bits per heavy atom.